The first kappa shape index (κ1) is 24.6. The molecule has 7 heteroatoms. The molecule has 190 valence electrons. The van der Waals surface area contributed by atoms with Crippen molar-refractivity contribution in [2.75, 3.05) is 23.3 Å². The number of nitrogens with one attached hydrogen (secondary N) is 1. The zero-order valence-electron chi connectivity index (χ0n) is 21.7. The van der Waals surface area contributed by atoms with Crippen molar-refractivity contribution in [3.63, 3.8) is 0 Å². The molecule has 5 rings (SSSR count). The zero-order chi connectivity index (χ0) is 26.2. The lowest BCUT2D eigenvalue weighted by Gasteiger charge is -2.32. The molecular weight excluding hydrogens is 464 g/mol. The standard InChI is InChI=1S/C30H32N4O3/c1-5-16-34(17-6-2)21-13-14-24(26(18-21)32-20(3)35)30(28-23(29(36)37-30)11-9-15-31-28)25-19-33(4)27-12-8-7-10-22(25)27/h7-15,18-19H,5-6,16-17H2,1-4H3,(H,32,35). The predicted octanol–water partition coefficient (Wildman–Crippen LogP) is 5.62. The van der Waals surface area contributed by atoms with Gasteiger partial charge in [0, 0.05) is 67.2 Å². The van der Waals surface area contributed by atoms with E-state index in [1.54, 1.807) is 18.3 Å². The van der Waals surface area contributed by atoms with Gasteiger partial charge < -0.3 is 19.5 Å². The number of benzene rings is 2. The second-order valence-corrected chi connectivity index (χ2v) is 9.54. The van der Waals surface area contributed by atoms with Crippen LogP contribution in [-0.2, 0) is 22.2 Å². The number of anilines is 2. The summed E-state index contributed by atoms with van der Waals surface area (Å²) in [5.41, 5.74) is 3.70. The number of aromatic nitrogens is 2. The average molecular weight is 497 g/mol. The third-order valence-corrected chi connectivity index (χ3v) is 6.93. The van der Waals surface area contributed by atoms with Gasteiger partial charge in [-0.05, 0) is 43.2 Å². The number of fused-ring (bicyclic) bond motifs is 2. The summed E-state index contributed by atoms with van der Waals surface area (Å²) in [6.07, 6.45) is 5.68. The Morgan fingerprint density at radius 3 is 2.54 bits per heavy atom. The number of carbonyl (C=O) groups excluding carboxylic acids is 2. The molecule has 1 unspecified atom stereocenters. The molecule has 0 bridgehead atoms. The number of ether oxygens (including phenoxy) is 1. The Morgan fingerprint density at radius 1 is 1.05 bits per heavy atom. The van der Waals surface area contributed by atoms with Crippen LogP contribution in [0, 0.1) is 0 Å². The number of pyridine rings is 1. The Kier molecular flexibility index (Phi) is 6.46. The van der Waals surface area contributed by atoms with E-state index in [0.29, 0.717) is 22.5 Å². The highest BCUT2D eigenvalue weighted by Crippen LogP contribution is 2.51. The number of hydrogen-bond acceptors (Lipinski definition) is 5. The minimum atomic E-state index is -1.33. The van der Waals surface area contributed by atoms with Crippen molar-refractivity contribution in [3.8, 4) is 0 Å². The number of para-hydroxylation sites is 1. The fourth-order valence-corrected chi connectivity index (χ4v) is 5.46. The summed E-state index contributed by atoms with van der Waals surface area (Å²) in [5, 5.41) is 3.98. The molecule has 0 saturated heterocycles. The van der Waals surface area contributed by atoms with E-state index in [-0.39, 0.29) is 5.91 Å². The quantitative estimate of drug-likeness (QED) is 0.321. The van der Waals surface area contributed by atoms with E-state index in [2.05, 4.69) is 24.1 Å². The van der Waals surface area contributed by atoms with Crippen LogP contribution >= 0.6 is 0 Å². The van der Waals surface area contributed by atoms with Gasteiger partial charge in [0.15, 0.2) is 0 Å². The molecule has 1 amide bonds. The van der Waals surface area contributed by atoms with Crippen molar-refractivity contribution in [2.45, 2.75) is 39.2 Å². The molecule has 1 aliphatic heterocycles. The molecule has 37 heavy (non-hydrogen) atoms. The van der Waals surface area contributed by atoms with Gasteiger partial charge in [0.05, 0.1) is 11.3 Å². The molecule has 0 saturated carbocycles. The van der Waals surface area contributed by atoms with Crippen LogP contribution in [0.15, 0.2) is 67.0 Å². The van der Waals surface area contributed by atoms with Crippen LogP contribution in [0.4, 0.5) is 11.4 Å². The maximum absolute atomic E-state index is 13.3. The fourth-order valence-electron chi connectivity index (χ4n) is 5.46. The zero-order valence-corrected chi connectivity index (χ0v) is 21.7. The molecule has 2 aromatic heterocycles. The molecule has 1 atom stereocenters. The van der Waals surface area contributed by atoms with Gasteiger partial charge in [-0.25, -0.2) is 4.79 Å². The van der Waals surface area contributed by atoms with Gasteiger partial charge in [0.1, 0.15) is 5.69 Å². The van der Waals surface area contributed by atoms with Crippen molar-refractivity contribution in [1.29, 1.82) is 0 Å². The molecule has 4 aromatic rings. The Bertz CT molecular complexity index is 1490. The van der Waals surface area contributed by atoms with Crippen LogP contribution in [0.2, 0.25) is 0 Å². The maximum Gasteiger partial charge on any atom is 0.341 e. The third kappa shape index (κ3) is 4.04. The number of esters is 1. The molecule has 1 N–H and O–H groups in total. The first-order valence-corrected chi connectivity index (χ1v) is 12.8. The van der Waals surface area contributed by atoms with E-state index in [4.69, 9.17) is 9.72 Å². The Balaban J connectivity index is 1.83. The van der Waals surface area contributed by atoms with Crippen molar-refractivity contribution < 1.29 is 14.3 Å². The minimum absolute atomic E-state index is 0.199. The average Bonchev–Trinajstić information content (AvgIpc) is 3.39. The Labute approximate surface area is 217 Å². The van der Waals surface area contributed by atoms with Gasteiger partial charge in [0.25, 0.3) is 0 Å². The number of nitrogens with zero attached hydrogens (tertiary/aromatic N) is 3. The molecule has 0 aliphatic carbocycles. The van der Waals surface area contributed by atoms with E-state index in [1.165, 1.54) is 6.92 Å². The largest absolute Gasteiger partial charge is 0.439 e. The van der Waals surface area contributed by atoms with Crippen LogP contribution in [0.25, 0.3) is 10.9 Å². The molecule has 0 radical (unpaired) electrons. The summed E-state index contributed by atoms with van der Waals surface area (Å²) in [4.78, 5) is 32.7. The van der Waals surface area contributed by atoms with Crippen LogP contribution < -0.4 is 10.2 Å². The molecule has 0 fully saturated rings. The smallest absolute Gasteiger partial charge is 0.341 e. The summed E-state index contributed by atoms with van der Waals surface area (Å²) >= 11 is 0. The highest BCUT2D eigenvalue weighted by molar-refractivity contribution is 5.99. The number of hydrogen-bond donors (Lipinski definition) is 1. The van der Waals surface area contributed by atoms with Gasteiger partial charge >= 0.3 is 5.97 Å². The highest BCUT2D eigenvalue weighted by atomic mass is 16.6. The van der Waals surface area contributed by atoms with Gasteiger partial charge in [-0.3, -0.25) is 9.78 Å². The lowest BCUT2D eigenvalue weighted by atomic mass is 9.81. The summed E-state index contributed by atoms with van der Waals surface area (Å²) in [7, 11) is 1.97. The Hall–Kier alpha value is -4.13. The lowest BCUT2D eigenvalue weighted by molar-refractivity contribution is -0.114. The lowest BCUT2D eigenvalue weighted by Crippen LogP contribution is -2.32. The SMILES string of the molecule is CCCN(CCC)c1ccc(C2(c3cn(C)c4ccccc34)OC(=O)c3cccnc32)c(NC(C)=O)c1. The summed E-state index contributed by atoms with van der Waals surface area (Å²) in [6, 6.07) is 17.5. The molecule has 3 heterocycles. The number of aryl methyl sites for hydroxylation is 1. The molecule has 7 nitrogen and oxygen atoms in total. The van der Waals surface area contributed by atoms with E-state index < -0.39 is 11.6 Å². The van der Waals surface area contributed by atoms with Gasteiger partial charge in [0.2, 0.25) is 11.5 Å². The second kappa shape index (κ2) is 9.73. The summed E-state index contributed by atoms with van der Waals surface area (Å²) in [6.45, 7) is 7.61. The number of amides is 1. The van der Waals surface area contributed by atoms with Crippen LogP contribution in [0.5, 0.6) is 0 Å². The topological polar surface area (TPSA) is 76.5 Å². The first-order chi connectivity index (χ1) is 17.9. The highest BCUT2D eigenvalue weighted by Gasteiger charge is 2.52. The molecule has 0 spiro atoms. The number of cyclic esters (lactones) is 1. The third-order valence-electron chi connectivity index (χ3n) is 6.93. The number of carbonyl (C=O) groups is 2. The summed E-state index contributed by atoms with van der Waals surface area (Å²) in [5.74, 6) is -0.637. The van der Waals surface area contributed by atoms with Crippen molar-refractivity contribution in [3.05, 3.63) is 89.4 Å². The van der Waals surface area contributed by atoms with E-state index in [9.17, 15) is 9.59 Å². The molecule has 1 aliphatic rings. The molecular formula is C30H32N4O3. The van der Waals surface area contributed by atoms with Gasteiger partial charge in [-0.15, -0.1) is 0 Å². The van der Waals surface area contributed by atoms with Crippen LogP contribution in [-0.4, -0.2) is 34.5 Å². The first-order valence-electron chi connectivity index (χ1n) is 12.8. The van der Waals surface area contributed by atoms with E-state index in [0.717, 1.165) is 48.1 Å². The Morgan fingerprint density at radius 2 is 1.81 bits per heavy atom. The monoisotopic (exact) mass is 496 g/mol. The second-order valence-electron chi connectivity index (χ2n) is 9.54. The van der Waals surface area contributed by atoms with Gasteiger partial charge in [-0.1, -0.05) is 38.1 Å². The number of rotatable bonds is 8. The van der Waals surface area contributed by atoms with E-state index >= 15 is 0 Å². The predicted molar refractivity (Wildman–Crippen MR) is 146 cm³/mol. The van der Waals surface area contributed by atoms with Crippen molar-refractivity contribution in [1.82, 2.24) is 9.55 Å². The fraction of sp³-hybridized carbons (Fsp3) is 0.300. The molecule has 2 aromatic carbocycles. The van der Waals surface area contributed by atoms with Crippen molar-refractivity contribution >= 4 is 34.2 Å². The van der Waals surface area contributed by atoms with Gasteiger partial charge in [-0.2, -0.15) is 0 Å². The van der Waals surface area contributed by atoms with Crippen molar-refractivity contribution in [2.24, 2.45) is 7.05 Å². The van der Waals surface area contributed by atoms with Crippen LogP contribution in [0.1, 0.15) is 60.8 Å². The van der Waals surface area contributed by atoms with Crippen LogP contribution in [0.3, 0.4) is 0 Å². The maximum atomic E-state index is 13.3. The van der Waals surface area contributed by atoms with E-state index in [1.807, 2.05) is 60.3 Å². The summed E-state index contributed by atoms with van der Waals surface area (Å²) < 4.78 is 8.38. The normalized spacial score (nSPS) is 16.5. The minimum Gasteiger partial charge on any atom is -0.439 e.